The minimum Gasteiger partial charge on any atom is -0.491 e. The smallest absolute Gasteiger partial charge is 0.303 e. The number of aliphatic carboxylic acids is 1. The minimum atomic E-state index is -0.881. The molecule has 0 unspecified atom stereocenters. The van der Waals surface area contributed by atoms with Crippen LogP contribution < -0.4 is 10.1 Å². The molecule has 0 saturated carbocycles. The number of imide groups is 1. The molecule has 1 aliphatic rings. The van der Waals surface area contributed by atoms with Gasteiger partial charge in [0.2, 0.25) is 0 Å². The van der Waals surface area contributed by atoms with E-state index in [4.69, 9.17) is 21.4 Å². The first-order valence-corrected chi connectivity index (χ1v) is 8.96. The van der Waals surface area contributed by atoms with E-state index in [1.54, 1.807) is 12.1 Å². The number of amides is 2. The Balaban J connectivity index is 1.96. The molecule has 0 atom stereocenters. The van der Waals surface area contributed by atoms with Crippen molar-refractivity contribution in [3.63, 3.8) is 0 Å². The summed E-state index contributed by atoms with van der Waals surface area (Å²) in [6, 6.07) is 9.05. The highest BCUT2D eigenvalue weighted by Gasteiger charge is 2.25. The molecule has 1 aliphatic heterocycles. The summed E-state index contributed by atoms with van der Waals surface area (Å²) in [5.74, 6) is -0.850. The molecule has 0 bridgehead atoms. The Labute approximate surface area is 158 Å². The Kier molecular flexibility index (Phi) is 5.49. The van der Waals surface area contributed by atoms with Gasteiger partial charge in [-0.25, -0.2) is 0 Å². The topological polar surface area (TPSA) is 92.7 Å². The molecule has 134 valence electrons. The molecule has 0 aliphatic carbocycles. The molecule has 2 N–H and O–H groups in total. The van der Waals surface area contributed by atoms with Gasteiger partial charge in [0, 0.05) is 11.8 Å². The molecule has 1 heterocycles. The van der Waals surface area contributed by atoms with Crippen molar-refractivity contribution in [3.05, 3.63) is 45.8 Å². The highest BCUT2D eigenvalue weighted by Crippen LogP contribution is 2.38. The van der Waals surface area contributed by atoms with Crippen molar-refractivity contribution in [2.24, 2.45) is 0 Å². The lowest BCUT2D eigenvalue weighted by molar-refractivity contribution is -0.137. The lowest BCUT2D eigenvalue weighted by atomic mass is 10.0. The first-order chi connectivity index (χ1) is 12.5. The second-order valence-electron chi connectivity index (χ2n) is 5.52. The average molecular weight is 392 g/mol. The van der Waals surface area contributed by atoms with Crippen molar-refractivity contribution in [2.75, 3.05) is 6.61 Å². The summed E-state index contributed by atoms with van der Waals surface area (Å²) in [5, 5.41) is 12.4. The quantitative estimate of drug-likeness (QED) is 0.569. The number of hydrogen-bond donors (Lipinski definition) is 2. The van der Waals surface area contributed by atoms with Crippen molar-refractivity contribution in [1.82, 2.24) is 5.32 Å². The minimum absolute atomic E-state index is 0.0140. The molecule has 2 aromatic rings. The van der Waals surface area contributed by atoms with Crippen LogP contribution in [-0.4, -0.2) is 28.8 Å². The molecule has 1 fully saturated rings. The number of ether oxygens (including phenoxy) is 1. The molecule has 26 heavy (non-hydrogen) atoms. The van der Waals surface area contributed by atoms with E-state index in [1.165, 1.54) is 0 Å². The molecule has 2 aromatic carbocycles. The highest BCUT2D eigenvalue weighted by atomic mass is 35.5. The van der Waals surface area contributed by atoms with E-state index < -0.39 is 17.1 Å². The molecule has 2 amide bonds. The number of carboxylic acid groups (broad SMARTS) is 1. The molecule has 6 nitrogen and oxygen atoms in total. The Morgan fingerprint density at radius 2 is 2.00 bits per heavy atom. The Morgan fingerprint density at radius 1 is 1.27 bits per heavy atom. The van der Waals surface area contributed by atoms with E-state index in [0.717, 1.165) is 22.5 Å². The second-order valence-corrected chi connectivity index (χ2v) is 6.94. The van der Waals surface area contributed by atoms with E-state index in [2.05, 4.69) is 5.32 Å². The highest BCUT2D eigenvalue weighted by molar-refractivity contribution is 8.18. The number of nitrogens with one attached hydrogen (secondary N) is 1. The van der Waals surface area contributed by atoms with Gasteiger partial charge < -0.3 is 9.84 Å². The second kappa shape index (κ2) is 7.80. The largest absolute Gasteiger partial charge is 0.491 e. The Hall–Kier alpha value is -2.51. The molecule has 1 saturated heterocycles. The van der Waals surface area contributed by atoms with Gasteiger partial charge in [-0.2, -0.15) is 0 Å². The van der Waals surface area contributed by atoms with Crippen LogP contribution in [-0.2, 0) is 9.59 Å². The summed E-state index contributed by atoms with van der Waals surface area (Å²) in [4.78, 5) is 34.0. The first-order valence-electron chi connectivity index (χ1n) is 7.76. The SMILES string of the molecule is O=C(O)CCCOc1c(Cl)cc(/C=C2\SC(=O)NC2=O)c2ccccc12. The number of fused-ring (bicyclic) bond motifs is 1. The average Bonchev–Trinajstić information content (AvgIpc) is 2.91. The van der Waals surface area contributed by atoms with Crippen molar-refractivity contribution < 1.29 is 24.2 Å². The number of rotatable bonds is 6. The van der Waals surface area contributed by atoms with E-state index >= 15 is 0 Å². The van der Waals surface area contributed by atoms with E-state index in [9.17, 15) is 14.4 Å². The van der Waals surface area contributed by atoms with Crippen LogP contribution in [0.1, 0.15) is 18.4 Å². The number of thioether (sulfide) groups is 1. The predicted molar refractivity (Wildman–Crippen MR) is 100 cm³/mol. The standard InChI is InChI=1S/C18H14ClNO5S/c19-13-8-10(9-14-17(23)20-18(24)26-14)11-4-1-2-5-12(11)16(13)25-7-3-6-15(21)22/h1-2,4-5,8-9H,3,6-7H2,(H,21,22)(H,20,23,24)/b14-9-. The Bertz CT molecular complexity index is 941. The summed E-state index contributed by atoms with van der Waals surface area (Å²) < 4.78 is 5.71. The van der Waals surface area contributed by atoms with Gasteiger partial charge in [0.05, 0.1) is 16.5 Å². The van der Waals surface area contributed by atoms with Crippen LogP contribution in [0.5, 0.6) is 5.75 Å². The van der Waals surface area contributed by atoms with Crippen molar-refractivity contribution in [2.45, 2.75) is 12.8 Å². The van der Waals surface area contributed by atoms with Gasteiger partial charge in [0.1, 0.15) is 5.75 Å². The normalized spacial score (nSPS) is 15.5. The van der Waals surface area contributed by atoms with Crippen LogP contribution in [0.15, 0.2) is 35.2 Å². The lowest BCUT2D eigenvalue weighted by Crippen LogP contribution is -2.17. The fraction of sp³-hybridized carbons (Fsp3) is 0.167. The molecule has 0 radical (unpaired) electrons. The van der Waals surface area contributed by atoms with E-state index in [-0.39, 0.29) is 13.0 Å². The van der Waals surface area contributed by atoms with Crippen LogP contribution in [0.4, 0.5) is 4.79 Å². The van der Waals surface area contributed by atoms with Gasteiger partial charge in [-0.05, 0) is 41.3 Å². The van der Waals surface area contributed by atoms with Crippen molar-refractivity contribution in [3.8, 4) is 5.75 Å². The van der Waals surface area contributed by atoms with Crippen LogP contribution in [0.25, 0.3) is 16.8 Å². The summed E-state index contributed by atoms with van der Waals surface area (Å²) in [6.07, 6.45) is 2.00. The molecule has 0 spiro atoms. The molecule has 3 rings (SSSR count). The summed E-state index contributed by atoms with van der Waals surface area (Å²) in [5.41, 5.74) is 0.691. The van der Waals surface area contributed by atoms with E-state index in [0.29, 0.717) is 27.7 Å². The number of halogens is 1. The fourth-order valence-electron chi connectivity index (χ4n) is 2.57. The number of carboxylic acids is 1. The van der Waals surface area contributed by atoms with Gasteiger partial charge in [0.15, 0.2) is 0 Å². The van der Waals surface area contributed by atoms with Gasteiger partial charge >= 0.3 is 5.97 Å². The number of benzene rings is 2. The zero-order valence-corrected chi connectivity index (χ0v) is 15.0. The monoisotopic (exact) mass is 391 g/mol. The number of hydrogen-bond acceptors (Lipinski definition) is 5. The third kappa shape index (κ3) is 4.00. The van der Waals surface area contributed by atoms with Crippen molar-refractivity contribution >= 4 is 57.3 Å². The van der Waals surface area contributed by atoms with Crippen LogP contribution >= 0.6 is 23.4 Å². The molecular weight excluding hydrogens is 378 g/mol. The maximum atomic E-state index is 11.8. The maximum absolute atomic E-state index is 11.8. The van der Waals surface area contributed by atoms with Gasteiger partial charge in [-0.15, -0.1) is 0 Å². The molecule has 8 heteroatoms. The van der Waals surface area contributed by atoms with E-state index in [1.807, 2.05) is 24.3 Å². The molecule has 0 aromatic heterocycles. The summed E-state index contributed by atoms with van der Waals surface area (Å²) in [6.45, 7) is 0.225. The van der Waals surface area contributed by atoms with Gasteiger partial charge in [-0.3, -0.25) is 19.7 Å². The zero-order valence-electron chi connectivity index (χ0n) is 13.5. The van der Waals surface area contributed by atoms with Crippen LogP contribution in [0.3, 0.4) is 0 Å². The third-order valence-electron chi connectivity index (χ3n) is 3.69. The fourth-order valence-corrected chi connectivity index (χ4v) is 3.51. The van der Waals surface area contributed by atoms with Gasteiger partial charge in [-0.1, -0.05) is 35.9 Å². The third-order valence-corrected chi connectivity index (χ3v) is 4.78. The number of carbonyl (C=O) groups excluding carboxylic acids is 2. The molecular formula is C18H14ClNO5S. The van der Waals surface area contributed by atoms with Crippen molar-refractivity contribution in [1.29, 1.82) is 0 Å². The summed E-state index contributed by atoms with van der Waals surface area (Å²) in [7, 11) is 0. The van der Waals surface area contributed by atoms with Gasteiger partial charge in [0.25, 0.3) is 11.1 Å². The summed E-state index contributed by atoms with van der Waals surface area (Å²) >= 11 is 7.19. The first kappa shape index (κ1) is 18.3. The maximum Gasteiger partial charge on any atom is 0.303 e. The predicted octanol–water partition coefficient (Wildman–Crippen LogP) is 4.06. The van der Waals surface area contributed by atoms with Crippen LogP contribution in [0.2, 0.25) is 5.02 Å². The zero-order chi connectivity index (χ0) is 18.7. The van der Waals surface area contributed by atoms with Crippen LogP contribution in [0, 0.1) is 0 Å². The Morgan fingerprint density at radius 3 is 2.65 bits per heavy atom. The lowest BCUT2D eigenvalue weighted by Gasteiger charge is -2.13. The number of carbonyl (C=O) groups is 3.